The maximum atomic E-state index is 5.36. The third-order valence-electron chi connectivity index (χ3n) is 2.68. The van der Waals surface area contributed by atoms with Gasteiger partial charge in [0.2, 0.25) is 0 Å². The van der Waals surface area contributed by atoms with E-state index in [0.717, 1.165) is 26.8 Å². The first kappa shape index (κ1) is 12.3. The molecule has 2 heterocycles. The molecular weight excluding hydrogens is 276 g/mol. The van der Waals surface area contributed by atoms with Crippen molar-refractivity contribution in [3.63, 3.8) is 0 Å². The monoisotopic (exact) mass is 288 g/mol. The zero-order chi connectivity index (χ0) is 13.2. The van der Waals surface area contributed by atoms with Crippen LogP contribution in [0.4, 0.5) is 5.13 Å². The van der Waals surface area contributed by atoms with Crippen molar-refractivity contribution in [1.29, 1.82) is 0 Å². The van der Waals surface area contributed by atoms with E-state index in [-0.39, 0.29) is 0 Å². The Morgan fingerprint density at radius 1 is 1.16 bits per heavy atom. The van der Waals surface area contributed by atoms with Crippen LogP contribution in [0.2, 0.25) is 0 Å². The van der Waals surface area contributed by atoms with Crippen LogP contribution in [0.3, 0.4) is 0 Å². The minimum absolute atomic E-state index is 0.712. The first-order valence-electron chi connectivity index (χ1n) is 5.73. The molecule has 19 heavy (non-hydrogen) atoms. The Kier molecular flexibility index (Phi) is 3.29. The number of hydrazine groups is 1. The van der Waals surface area contributed by atoms with Gasteiger partial charge in [0.25, 0.3) is 0 Å². The maximum absolute atomic E-state index is 5.36. The number of hydrogen-bond acceptors (Lipinski definition) is 6. The molecule has 0 radical (unpaired) electrons. The summed E-state index contributed by atoms with van der Waals surface area (Å²) < 4.78 is 0. The van der Waals surface area contributed by atoms with Gasteiger partial charge in [0, 0.05) is 10.9 Å². The van der Waals surface area contributed by atoms with Crippen molar-refractivity contribution in [3.8, 4) is 21.1 Å². The van der Waals surface area contributed by atoms with Crippen molar-refractivity contribution >= 4 is 27.8 Å². The smallest absolute Gasteiger partial charge is 0.197 e. The summed E-state index contributed by atoms with van der Waals surface area (Å²) in [5.41, 5.74) is 5.62. The molecule has 0 unspecified atom stereocenters. The summed E-state index contributed by atoms with van der Waals surface area (Å²) in [6, 6.07) is 10.2. The summed E-state index contributed by atoms with van der Waals surface area (Å²) >= 11 is 3.14. The van der Waals surface area contributed by atoms with Crippen LogP contribution in [0.25, 0.3) is 21.1 Å². The normalized spacial score (nSPS) is 10.6. The molecule has 0 aliphatic rings. The molecule has 4 nitrogen and oxygen atoms in total. The first-order valence-corrected chi connectivity index (χ1v) is 7.43. The lowest BCUT2D eigenvalue weighted by molar-refractivity contribution is 1.25. The molecule has 0 bridgehead atoms. The molecule has 6 heteroatoms. The van der Waals surface area contributed by atoms with Crippen LogP contribution < -0.4 is 11.3 Å². The zero-order valence-electron chi connectivity index (χ0n) is 10.3. The lowest BCUT2D eigenvalue weighted by atomic mass is 10.2. The summed E-state index contributed by atoms with van der Waals surface area (Å²) in [6.07, 6.45) is 0. The van der Waals surface area contributed by atoms with Crippen LogP contribution in [0.5, 0.6) is 0 Å². The minimum atomic E-state index is 0.712. The van der Waals surface area contributed by atoms with Gasteiger partial charge in [-0.25, -0.2) is 15.8 Å². The van der Waals surface area contributed by atoms with Crippen LogP contribution in [0.1, 0.15) is 5.69 Å². The molecule has 0 aliphatic carbocycles. The van der Waals surface area contributed by atoms with E-state index in [1.807, 2.05) is 30.5 Å². The van der Waals surface area contributed by atoms with E-state index in [0.29, 0.717) is 5.13 Å². The van der Waals surface area contributed by atoms with Gasteiger partial charge >= 0.3 is 0 Å². The average Bonchev–Trinajstić information content (AvgIpc) is 3.06. The number of nitrogens with two attached hydrogens (primary N) is 1. The van der Waals surface area contributed by atoms with E-state index in [2.05, 4.69) is 27.5 Å². The van der Waals surface area contributed by atoms with Gasteiger partial charge in [-0.2, -0.15) is 0 Å². The number of aromatic nitrogens is 2. The van der Waals surface area contributed by atoms with E-state index in [4.69, 9.17) is 5.84 Å². The molecule has 3 aromatic rings. The second-order valence-corrected chi connectivity index (χ2v) is 5.84. The van der Waals surface area contributed by atoms with Crippen LogP contribution in [-0.2, 0) is 0 Å². The van der Waals surface area contributed by atoms with Gasteiger partial charge in [0.15, 0.2) is 5.13 Å². The number of aryl methyl sites for hydroxylation is 1. The molecule has 1 aromatic carbocycles. The largest absolute Gasteiger partial charge is 0.300 e. The Morgan fingerprint density at radius 3 is 2.63 bits per heavy atom. The van der Waals surface area contributed by atoms with E-state index in [9.17, 15) is 0 Å². The molecule has 3 N–H and O–H groups in total. The standard InChI is InChI=1S/C13H12N4S2/c1-8-11(10-7-18-13(16-10)17-14)19-12(15-8)9-5-3-2-4-6-9/h2-7H,14H2,1H3,(H,16,17). The van der Waals surface area contributed by atoms with E-state index < -0.39 is 0 Å². The van der Waals surface area contributed by atoms with Crippen LogP contribution in [0, 0.1) is 6.92 Å². The highest BCUT2D eigenvalue weighted by atomic mass is 32.1. The van der Waals surface area contributed by atoms with Gasteiger partial charge in [-0.3, -0.25) is 5.43 Å². The second kappa shape index (κ2) is 5.08. The Hall–Kier alpha value is -1.76. The summed E-state index contributed by atoms with van der Waals surface area (Å²) in [5.74, 6) is 5.36. The number of hydrogen-bond donors (Lipinski definition) is 2. The third-order valence-corrected chi connectivity index (χ3v) is 4.68. The molecule has 3 rings (SSSR count). The second-order valence-electron chi connectivity index (χ2n) is 3.98. The highest BCUT2D eigenvalue weighted by Crippen LogP contribution is 2.36. The lowest BCUT2D eigenvalue weighted by Gasteiger charge is -1.93. The number of nitrogen functional groups attached to an aromatic ring is 1. The van der Waals surface area contributed by atoms with Crippen LogP contribution in [-0.4, -0.2) is 9.97 Å². The summed E-state index contributed by atoms with van der Waals surface area (Å²) in [6.45, 7) is 2.01. The fraction of sp³-hybridized carbons (Fsp3) is 0.0769. The van der Waals surface area contributed by atoms with Crippen LogP contribution >= 0.6 is 22.7 Å². The molecule has 96 valence electrons. The van der Waals surface area contributed by atoms with Crippen molar-refractivity contribution < 1.29 is 0 Å². The van der Waals surface area contributed by atoms with Gasteiger partial charge < -0.3 is 0 Å². The molecule has 0 fully saturated rings. The molecule has 0 saturated heterocycles. The average molecular weight is 288 g/mol. The Bertz CT molecular complexity index is 688. The lowest BCUT2D eigenvalue weighted by Crippen LogP contribution is -2.05. The molecule has 0 aliphatic heterocycles. The Morgan fingerprint density at radius 2 is 1.95 bits per heavy atom. The minimum Gasteiger partial charge on any atom is -0.300 e. The zero-order valence-corrected chi connectivity index (χ0v) is 11.9. The van der Waals surface area contributed by atoms with E-state index in [1.165, 1.54) is 11.3 Å². The molecule has 0 spiro atoms. The number of nitrogens with one attached hydrogen (secondary N) is 1. The van der Waals surface area contributed by atoms with Crippen molar-refractivity contribution in [3.05, 3.63) is 41.4 Å². The molecule has 2 aromatic heterocycles. The van der Waals surface area contributed by atoms with Crippen LogP contribution in [0.15, 0.2) is 35.7 Å². The maximum Gasteiger partial charge on any atom is 0.197 e. The topological polar surface area (TPSA) is 63.8 Å². The highest BCUT2D eigenvalue weighted by molar-refractivity contribution is 7.19. The number of rotatable bonds is 3. The van der Waals surface area contributed by atoms with Gasteiger partial charge in [-0.05, 0) is 6.92 Å². The molecule has 0 saturated carbocycles. The number of anilines is 1. The van der Waals surface area contributed by atoms with Crippen molar-refractivity contribution in [1.82, 2.24) is 9.97 Å². The summed E-state index contributed by atoms with van der Waals surface area (Å²) in [7, 11) is 0. The number of thiazole rings is 2. The summed E-state index contributed by atoms with van der Waals surface area (Å²) in [5, 5.41) is 3.72. The van der Waals surface area contributed by atoms with Crippen molar-refractivity contribution in [2.75, 3.05) is 5.43 Å². The summed E-state index contributed by atoms with van der Waals surface area (Å²) in [4.78, 5) is 10.1. The van der Waals surface area contributed by atoms with Gasteiger partial charge in [-0.1, -0.05) is 30.3 Å². The highest BCUT2D eigenvalue weighted by Gasteiger charge is 2.13. The molecule has 0 amide bonds. The third kappa shape index (κ3) is 2.37. The fourth-order valence-corrected chi connectivity index (χ4v) is 3.50. The van der Waals surface area contributed by atoms with Crippen molar-refractivity contribution in [2.24, 2.45) is 5.84 Å². The Labute approximate surface area is 118 Å². The van der Waals surface area contributed by atoms with Gasteiger partial charge in [0.1, 0.15) is 5.01 Å². The fourth-order valence-electron chi connectivity index (χ4n) is 1.78. The molecule has 0 atom stereocenters. The number of nitrogens with zero attached hydrogens (tertiary/aromatic N) is 2. The van der Waals surface area contributed by atoms with E-state index >= 15 is 0 Å². The number of benzene rings is 1. The quantitative estimate of drug-likeness (QED) is 0.571. The predicted octanol–water partition coefficient (Wildman–Crippen LogP) is 3.53. The van der Waals surface area contributed by atoms with Gasteiger partial charge in [0.05, 0.1) is 16.3 Å². The predicted molar refractivity (Wildman–Crippen MR) is 81.2 cm³/mol. The SMILES string of the molecule is Cc1nc(-c2ccccc2)sc1-c1csc(NN)n1. The van der Waals surface area contributed by atoms with Crippen molar-refractivity contribution in [2.45, 2.75) is 6.92 Å². The molecular formula is C13H12N4S2. The van der Waals surface area contributed by atoms with E-state index in [1.54, 1.807) is 11.3 Å². The first-order chi connectivity index (χ1) is 9.28. The Balaban J connectivity index is 2.02. The van der Waals surface area contributed by atoms with Gasteiger partial charge in [-0.15, -0.1) is 22.7 Å².